The molecule has 1 aromatic rings. The van der Waals surface area contributed by atoms with Crippen LogP contribution in [0, 0.1) is 0 Å². The Hall–Kier alpha value is -0.300. The molecule has 1 unspecified atom stereocenters. The van der Waals surface area contributed by atoms with Crippen LogP contribution in [0.15, 0.2) is 21.1 Å². The highest BCUT2D eigenvalue weighted by molar-refractivity contribution is 9.11. The molecule has 0 radical (unpaired) electrons. The van der Waals surface area contributed by atoms with Crippen molar-refractivity contribution in [3.05, 3.63) is 26.6 Å². The Labute approximate surface area is 186 Å². The van der Waals surface area contributed by atoms with Crippen molar-refractivity contribution in [2.45, 2.75) is 68.5 Å². The first-order chi connectivity index (χ1) is 13.7. The van der Waals surface area contributed by atoms with Crippen LogP contribution in [0.25, 0.3) is 0 Å². The van der Waals surface area contributed by atoms with Crippen LogP contribution < -0.4 is 10.6 Å². The number of hydrogen-bond acceptors (Lipinski definition) is 8. The van der Waals surface area contributed by atoms with Crippen LogP contribution >= 0.6 is 31.9 Å². The summed E-state index contributed by atoms with van der Waals surface area (Å²) < 4.78 is 6.87. The van der Waals surface area contributed by atoms with Gasteiger partial charge in [-0.3, -0.25) is 0 Å². The molecule has 1 saturated heterocycles. The van der Waals surface area contributed by atoms with Gasteiger partial charge >= 0.3 is 0 Å². The number of anilines is 1. The molecule has 0 spiro atoms. The van der Waals surface area contributed by atoms with Crippen LogP contribution in [0.4, 0.5) is 5.69 Å². The van der Waals surface area contributed by atoms with Crippen molar-refractivity contribution in [2.75, 3.05) is 18.5 Å². The highest BCUT2D eigenvalue weighted by Crippen LogP contribution is 2.33. The Morgan fingerprint density at radius 1 is 1.07 bits per heavy atom. The van der Waals surface area contributed by atoms with Gasteiger partial charge < -0.3 is 40.9 Å². The first kappa shape index (κ1) is 23.4. The van der Waals surface area contributed by atoms with Crippen molar-refractivity contribution in [1.82, 2.24) is 5.32 Å². The number of halogens is 2. The molecular formula is C19H28Br2N2O6. The Morgan fingerprint density at radius 2 is 1.76 bits per heavy atom. The minimum Gasteiger partial charge on any atom is -0.393 e. The van der Waals surface area contributed by atoms with E-state index >= 15 is 0 Å². The van der Waals surface area contributed by atoms with Crippen molar-refractivity contribution in [3.63, 3.8) is 0 Å². The summed E-state index contributed by atoms with van der Waals surface area (Å²) in [6, 6.07) is 4.15. The van der Waals surface area contributed by atoms with Crippen LogP contribution in [-0.4, -0.2) is 74.9 Å². The van der Waals surface area contributed by atoms with E-state index in [-0.39, 0.29) is 19.3 Å². The van der Waals surface area contributed by atoms with Gasteiger partial charge in [0.05, 0.1) is 24.9 Å². The van der Waals surface area contributed by atoms with E-state index in [1.807, 2.05) is 12.1 Å². The monoisotopic (exact) mass is 538 g/mol. The van der Waals surface area contributed by atoms with Gasteiger partial charge in [-0.25, -0.2) is 0 Å². The molecule has 1 heterocycles. The van der Waals surface area contributed by atoms with Crippen LogP contribution in [0.5, 0.6) is 0 Å². The van der Waals surface area contributed by atoms with E-state index in [1.165, 1.54) is 0 Å². The third-order valence-electron chi connectivity index (χ3n) is 5.62. The smallest absolute Gasteiger partial charge is 0.212 e. The molecule has 1 aliphatic heterocycles. The lowest BCUT2D eigenvalue weighted by Gasteiger charge is -2.41. The molecule has 0 amide bonds. The van der Waals surface area contributed by atoms with E-state index in [9.17, 15) is 25.5 Å². The van der Waals surface area contributed by atoms with E-state index in [4.69, 9.17) is 4.74 Å². The second-order valence-corrected chi connectivity index (χ2v) is 9.59. The fourth-order valence-electron chi connectivity index (χ4n) is 3.76. The molecule has 8 nitrogen and oxygen atoms in total. The van der Waals surface area contributed by atoms with E-state index in [0.29, 0.717) is 12.6 Å². The Bertz CT molecular complexity index is 704. The van der Waals surface area contributed by atoms with Gasteiger partial charge in [0.15, 0.2) is 0 Å². The zero-order valence-electron chi connectivity index (χ0n) is 15.9. The number of ether oxygens (including phenoxy) is 1. The van der Waals surface area contributed by atoms with Crippen molar-refractivity contribution >= 4 is 37.5 Å². The minimum absolute atomic E-state index is 0.180. The summed E-state index contributed by atoms with van der Waals surface area (Å²) >= 11 is 7.01. The third-order valence-corrected chi connectivity index (χ3v) is 6.70. The zero-order valence-corrected chi connectivity index (χ0v) is 19.1. The summed E-state index contributed by atoms with van der Waals surface area (Å²) in [5.41, 5.74) is 1.66. The topological polar surface area (TPSA) is 134 Å². The summed E-state index contributed by atoms with van der Waals surface area (Å²) in [4.78, 5) is 0. The lowest BCUT2D eigenvalue weighted by atomic mass is 9.93. The molecule has 29 heavy (non-hydrogen) atoms. The summed E-state index contributed by atoms with van der Waals surface area (Å²) in [5, 5.41) is 56.5. The van der Waals surface area contributed by atoms with Crippen LogP contribution in [0.3, 0.4) is 0 Å². The summed E-state index contributed by atoms with van der Waals surface area (Å²) in [5.74, 6) is -2.03. The molecule has 0 aromatic heterocycles. The maximum absolute atomic E-state index is 10.6. The lowest BCUT2D eigenvalue weighted by molar-refractivity contribution is -0.313. The number of rotatable bonds is 6. The van der Waals surface area contributed by atoms with Crippen molar-refractivity contribution in [2.24, 2.45) is 0 Å². The quantitative estimate of drug-likeness (QED) is 0.282. The molecule has 3 rings (SSSR count). The van der Waals surface area contributed by atoms with Crippen molar-refractivity contribution in [3.8, 4) is 0 Å². The van der Waals surface area contributed by atoms with E-state index < -0.39 is 24.1 Å². The van der Waals surface area contributed by atoms with Crippen LogP contribution in [-0.2, 0) is 11.3 Å². The normalized spacial score (nSPS) is 35.5. The number of hydrogen-bond donors (Lipinski definition) is 7. The lowest BCUT2D eigenvalue weighted by Crippen LogP contribution is -2.63. The molecule has 10 heteroatoms. The molecule has 7 N–H and O–H groups in total. The molecule has 2 aliphatic rings. The third kappa shape index (κ3) is 5.69. The fourth-order valence-corrected chi connectivity index (χ4v) is 5.21. The molecule has 1 aromatic carbocycles. The SMILES string of the molecule is OC1CCC(NCc2cc(Br)cc(Br)c2NCC2(O)OC[C@H](O)[C@@H](O)[C@@H]2O)CC1. The van der Waals surface area contributed by atoms with E-state index in [0.717, 1.165) is 45.9 Å². The number of aliphatic hydroxyl groups excluding tert-OH is 4. The van der Waals surface area contributed by atoms with Gasteiger partial charge in [0.1, 0.15) is 18.3 Å². The Balaban J connectivity index is 1.68. The first-order valence-electron chi connectivity index (χ1n) is 9.73. The standard InChI is InChI=1S/C19H28Br2N2O6/c20-11-5-10(7-22-12-1-3-13(24)4-2-12)16(14(21)6-11)23-9-19(28)18(27)17(26)15(25)8-29-19/h5-6,12-13,15,17-18,22-28H,1-4,7-9H2/t12?,13?,15-,17+,18-,19?/m0/s1. The molecule has 0 bridgehead atoms. The zero-order chi connectivity index (χ0) is 21.2. The van der Waals surface area contributed by atoms with Crippen molar-refractivity contribution in [1.29, 1.82) is 0 Å². The first-order valence-corrected chi connectivity index (χ1v) is 11.3. The maximum Gasteiger partial charge on any atom is 0.212 e. The maximum atomic E-state index is 10.6. The molecule has 2 fully saturated rings. The average Bonchev–Trinajstić information content (AvgIpc) is 2.68. The second-order valence-electron chi connectivity index (χ2n) is 7.82. The predicted octanol–water partition coefficient (Wildman–Crippen LogP) is 0.818. The fraction of sp³-hybridized carbons (Fsp3) is 0.684. The molecular weight excluding hydrogens is 512 g/mol. The van der Waals surface area contributed by atoms with Gasteiger partial charge in [0.25, 0.3) is 0 Å². The molecule has 1 aliphatic carbocycles. The number of aliphatic hydroxyl groups is 5. The van der Waals surface area contributed by atoms with Crippen LogP contribution in [0.2, 0.25) is 0 Å². The van der Waals surface area contributed by atoms with E-state index in [2.05, 4.69) is 42.5 Å². The molecule has 1 saturated carbocycles. The Kier molecular flexibility index (Phi) is 7.96. The van der Waals surface area contributed by atoms with Gasteiger partial charge in [0, 0.05) is 21.5 Å². The van der Waals surface area contributed by atoms with Gasteiger partial charge in [0.2, 0.25) is 5.79 Å². The summed E-state index contributed by atoms with van der Waals surface area (Å²) in [6.45, 7) is 0.116. The number of benzene rings is 1. The second kappa shape index (κ2) is 9.88. The van der Waals surface area contributed by atoms with E-state index in [1.54, 1.807) is 0 Å². The minimum atomic E-state index is -2.03. The predicted molar refractivity (Wildman–Crippen MR) is 114 cm³/mol. The van der Waals surface area contributed by atoms with Gasteiger partial charge in [-0.1, -0.05) is 15.9 Å². The summed E-state index contributed by atoms with van der Waals surface area (Å²) in [7, 11) is 0. The largest absolute Gasteiger partial charge is 0.393 e. The number of nitrogens with one attached hydrogen (secondary N) is 2. The highest BCUT2D eigenvalue weighted by Gasteiger charge is 2.48. The Morgan fingerprint density at radius 3 is 2.45 bits per heavy atom. The van der Waals surface area contributed by atoms with Gasteiger partial charge in [-0.15, -0.1) is 0 Å². The highest BCUT2D eigenvalue weighted by atomic mass is 79.9. The van der Waals surface area contributed by atoms with Gasteiger partial charge in [-0.2, -0.15) is 0 Å². The molecule has 4 atom stereocenters. The van der Waals surface area contributed by atoms with Crippen molar-refractivity contribution < 1.29 is 30.3 Å². The van der Waals surface area contributed by atoms with Crippen LogP contribution in [0.1, 0.15) is 31.2 Å². The molecule has 164 valence electrons. The van der Waals surface area contributed by atoms with Gasteiger partial charge in [-0.05, 0) is 59.3 Å². The summed E-state index contributed by atoms with van der Waals surface area (Å²) in [6.07, 6.45) is -1.18. The average molecular weight is 540 g/mol.